The number of primary amides is 1. The van der Waals surface area contributed by atoms with Crippen molar-refractivity contribution in [1.82, 2.24) is 4.57 Å². The Hall–Kier alpha value is -2.90. The Bertz CT molecular complexity index is 985. The summed E-state index contributed by atoms with van der Waals surface area (Å²) in [5.41, 5.74) is 12.6. The lowest BCUT2D eigenvalue weighted by Crippen LogP contribution is -2.29. The fraction of sp³-hybridized carbons (Fsp3) is 0.368. The molecule has 3 rings (SSSR count). The molecule has 2 aromatic rings. The van der Waals surface area contributed by atoms with Gasteiger partial charge in [0.15, 0.2) is 0 Å². The molecule has 27 heavy (non-hydrogen) atoms. The van der Waals surface area contributed by atoms with Gasteiger partial charge in [-0.1, -0.05) is 6.07 Å². The van der Waals surface area contributed by atoms with E-state index in [4.69, 9.17) is 11.5 Å². The lowest BCUT2D eigenvalue weighted by molar-refractivity contribution is 0.1000. The normalized spacial score (nSPS) is 18.7. The van der Waals surface area contributed by atoms with E-state index in [-0.39, 0.29) is 41.0 Å². The van der Waals surface area contributed by atoms with E-state index in [1.165, 1.54) is 12.1 Å². The summed E-state index contributed by atoms with van der Waals surface area (Å²) >= 11 is 0. The molecule has 144 valence electrons. The minimum absolute atomic E-state index is 0.0325. The van der Waals surface area contributed by atoms with Crippen LogP contribution in [0, 0.1) is 19.8 Å². The predicted molar refractivity (Wildman–Crippen MR) is 97.6 cm³/mol. The van der Waals surface area contributed by atoms with Crippen LogP contribution in [0.2, 0.25) is 0 Å². The molecule has 1 aromatic heterocycles. The molecule has 0 aliphatic heterocycles. The van der Waals surface area contributed by atoms with E-state index in [2.05, 4.69) is 0 Å². The quantitative estimate of drug-likeness (QED) is 0.743. The van der Waals surface area contributed by atoms with E-state index >= 15 is 0 Å². The number of hydrogen-bond donors (Lipinski definition) is 3. The average molecular weight is 377 g/mol. The number of nitrogens with zero attached hydrogens (tertiary/aromatic N) is 1. The van der Waals surface area contributed by atoms with Crippen molar-refractivity contribution < 1.29 is 18.7 Å². The van der Waals surface area contributed by atoms with Gasteiger partial charge in [0.2, 0.25) is 6.43 Å². The van der Waals surface area contributed by atoms with E-state index in [1.807, 2.05) is 0 Å². The second-order valence-electron chi connectivity index (χ2n) is 7.01. The highest BCUT2D eigenvalue weighted by molar-refractivity contribution is 5.97. The summed E-state index contributed by atoms with van der Waals surface area (Å²) in [6, 6.07) is 4.44. The molecule has 1 aliphatic rings. The summed E-state index contributed by atoms with van der Waals surface area (Å²) < 4.78 is 26.5. The van der Waals surface area contributed by atoms with E-state index in [1.54, 1.807) is 19.9 Å². The smallest absolute Gasteiger partial charge is 0.260 e. The molecule has 2 atom stereocenters. The fourth-order valence-corrected chi connectivity index (χ4v) is 3.62. The van der Waals surface area contributed by atoms with Crippen molar-refractivity contribution >= 4 is 11.7 Å². The Morgan fingerprint density at radius 2 is 2.04 bits per heavy atom. The third-order valence-corrected chi connectivity index (χ3v) is 5.16. The van der Waals surface area contributed by atoms with Gasteiger partial charge in [-0.2, -0.15) is 0 Å². The number of phenols is 1. The minimum atomic E-state index is -2.46. The molecule has 1 saturated carbocycles. The van der Waals surface area contributed by atoms with Gasteiger partial charge in [-0.25, -0.2) is 8.78 Å². The Morgan fingerprint density at radius 3 is 2.63 bits per heavy atom. The van der Waals surface area contributed by atoms with Gasteiger partial charge in [-0.3, -0.25) is 14.2 Å². The van der Waals surface area contributed by atoms with Gasteiger partial charge >= 0.3 is 0 Å². The Morgan fingerprint density at radius 1 is 1.37 bits per heavy atom. The van der Waals surface area contributed by atoms with Gasteiger partial charge in [0.25, 0.3) is 11.5 Å². The Kier molecular flexibility index (Phi) is 4.67. The second-order valence-corrected chi connectivity index (χ2v) is 7.01. The van der Waals surface area contributed by atoms with Crippen molar-refractivity contribution in [3.63, 3.8) is 0 Å². The number of halogens is 2. The van der Waals surface area contributed by atoms with Crippen LogP contribution in [0.4, 0.5) is 14.6 Å². The molecule has 1 aliphatic carbocycles. The van der Waals surface area contributed by atoms with Gasteiger partial charge < -0.3 is 16.6 Å². The molecule has 1 amide bonds. The summed E-state index contributed by atoms with van der Waals surface area (Å²) in [5.74, 6) is -1.67. The molecular weight excluding hydrogens is 356 g/mol. The number of carbonyl (C=O) groups is 1. The third-order valence-electron chi connectivity index (χ3n) is 5.16. The van der Waals surface area contributed by atoms with Crippen LogP contribution in [-0.4, -0.2) is 22.0 Å². The molecule has 6 nitrogen and oxygen atoms in total. The zero-order chi connectivity index (χ0) is 20.0. The number of aryl methyl sites for hydroxylation is 1. The number of nitrogen functional groups attached to an aromatic ring is 1. The van der Waals surface area contributed by atoms with Gasteiger partial charge in [0.1, 0.15) is 11.6 Å². The highest BCUT2D eigenvalue weighted by atomic mass is 19.3. The van der Waals surface area contributed by atoms with Crippen molar-refractivity contribution in [2.24, 2.45) is 11.7 Å². The van der Waals surface area contributed by atoms with Crippen LogP contribution in [0.3, 0.4) is 0 Å². The first kappa shape index (κ1) is 18.9. The molecule has 0 bridgehead atoms. The van der Waals surface area contributed by atoms with Crippen LogP contribution in [0.25, 0.3) is 5.69 Å². The lowest BCUT2D eigenvalue weighted by atomic mass is 10.0. The first-order chi connectivity index (χ1) is 12.6. The number of benzene rings is 1. The van der Waals surface area contributed by atoms with Crippen LogP contribution >= 0.6 is 0 Å². The monoisotopic (exact) mass is 377 g/mol. The number of aromatic hydroxyl groups is 1. The van der Waals surface area contributed by atoms with E-state index in [9.17, 15) is 23.5 Å². The first-order valence-corrected chi connectivity index (χ1v) is 8.56. The van der Waals surface area contributed by atoms with Crippen LogP contribution in [0.1, 0.15) is 45.8 Å². The predicted octanol–water partition coefficient (Wildman–Crippen LogP) is 2.60. The zero-order valence-electron chi connectivity index (χ0n) is 15.0. The van der Waals surface area contributed by atoms with Crippen molar-refractivity contribution in [3.8, 4) is 11.4 Å². The molecule has 0 unspecified atom stereocenters. The summed E-state index contributed by atoms with van der Waals surface area (Å²) in [4.78, 5) is 25.0. The topological polar surface area (TPSA) is 111 Å². The number of aromatic nitrogens is 1. The SMILES string of the molecule is Cc1ccc(O)c(C)c1-n1c(N)c(C(N)=O)cc([C@H]2C[C@@H]2CC(F)F)c1=O. The molecule has 0 saturated heterocycles. The summed E-state index contributed by atoms with van der Waals surface area (Å²) in [6.45, 7) is 3.36. The number of amides is 1. The Balaban J connectivity index is 2.25. The van der Waals surface area contributed by atoms with Crippen molar-refractivity contribution in [3.05, 3.63) is 50.8 Å². The van der Waals surface area contributed by atoms with Gasteiger partial charge in [0.05, 0.1) is 11.3 Å². The lowest BCUT2D eigenvalue weighted by Gasteiger charge is -2.19. The van der Waals surface area contributed by atoms with Gasteiger partial charge in [-0.05, 0) is 49.8 Å². The number of anilines is 1. The maximum atomic E-state index is 13.2. The molecule has 1 fully saturated rings. The number of pyridine rings is 1. The van der Waals surface area contributed by atoms with E-state index in [0.29, 0.717) is 23.2 Å². The largest absolute Gasteiger partial charge is 0.508 e. The number of carbonyl (C=O) groups excluding carboxylic acids is 1. The number of rotatable bonds is 5. The van der Waals surface area contributed by atoms with Crippen molar-refractivity contribution in [2.75, 3.05) is 5.73 Å². The molecule has 0 spiro atoms. The minimum Gasteiger partial charge on any atom is -0.508 e. The van der Waals surface area contributed by atoms with E-state index in [0.717, 1.165) is 4.57 Å². The van der Waals surface area contributed by atoms with Crippen molar-refractivity contribution in [2.45, 2.75) is 39.0 Å². The Labute approximate surface area is 154 Å². The van der Waals surface area contributed by atoms with Gasteiger partial charge in [0, 0.05) is 17.5 Å². The van der Waals surface area contributed by atoms with Crippen molar-refractivity contribution in [1.29, 1.82) is 0 Å². The number of hydrogen-bond acceptors (Lipinski definition) is 4. The summed E-state index contributed by atoms with van der Waals surface area (Å²) in [7, 11) is 0. The van der Waals surface area contributed by atoms with Crippen LogP contribution in [0.5, 0.6) is 5.75 Å². The fourth-order valence-electron chi connectivity index (χ4n) is 3.62. The summed E-state index contributed by atoms with van der Waals surface area (Å²) in [5, 5.41) is 10.0. The summed E-state index contributed by atoms with van der Waals surface area (Å²) in [6.07, 6.45) is -2.31. The van der Waals surface area contributed by atoms with Crippen LogP contribution in [-0.2, 0) is 0 Å². The van der Waals surface area contributed by atoms with Crippen LogP contribution < -0.4 is 17.0 Å². The van der Waals surface area contributed by atoms with Gasteiger partial charge in [-0.15, -0.1) is 0 Å². The number of alkyl halides is 2. The molecule has 5 N–H and O–H groups in total. The second kappa shape index (κ2) is 6.68. The number of nitrogens with two attached hydrogens (primary N) is 2. The zero-order valence-corrected chi connectivity index (χ0v) is 15.0. The standard InChI is InChI=1S/C19H21F2N3O3/c1-8-3-4-14(25)9(2)16(8)24-17(22)13(18(23)26)7-12(19(24)27)11-5-10(11)6-15(20)21/h3-4,7,10-11,15,25H,5-6,22H2,1-2H3,(H2,23,26)/t10-,11+/m1/s1. The molecule has 1 heterocycles. The maximum Gasteiger partial charge on any atom is 0.260 e. The maximum absolute atomic E-state index is 13.2. The molecule has 0 radical (unpaired) electrons. The molecular formula is C19H21F2N3O3. The van der Waals surface area contributed by atoms with E-state index < -0.39 is 17.9 Å². The highest BCUT2D eigenvalue weighted by Gasteiger charge is 2.42. The molecule has 8 heteroatoms. The highest BCUT2D eigenvalue weighted by Crippen LogP contribution is 2.50. The first-order valence-electron chi connectivity index (χ1n) is 8.56. The van der Waals surface area contributed by atoms with Crippen LogP contribution in [0.15, 0.2) is 23.0 Å². The molecule has 1 aromatic carbocycles. The third kappa shape index (κ3) is 3.27. The average Bonchev–Trinajstić information content (AvgIpc) is 3.32. The number of phenolic OH excluding ortho intramolecular Hbond substituents is 1.